The summed E-state index contributed by atoms with van der Waals surface area (Å²) in [6.07, 6.45) is 2.65. The summed E-state index contributed by atoms with van der Waals surface area (Å²) in [4.78, 5) is 52.0. The van der Waals surface area contributed by atoms with Crippen molar-refractivity contribution in [3.05, 3.63) is 12.2 Å². The van der Waals surface area contributed by atoms with E-state index in [1.165, 1.54) is 19.3 Å². The van der Waals surface area contributed by atoms with Crippen molar-refractivity contribution < 1.29 is 38.1 Å². The van der Waals surface area contributed by atoms with Crippen LogP contribution in [0, 0.1) is 22.7 Å². The highest BCUT2D eigenvalue weighted by Crippen LogP contribution is 2.64. The molecule has 0 bridgehead atoms. The molecule has 3 fully saturated rings. The minimum Gasteiger partial charge on any atom is -0.468 e. The van der Waals surface area contributed by atoms with Crippen molar-refractivity contribution in [3.8, 4) is 0 Å². The van der Waals surface area contributed by atoms with E-state index in [1.54, 1.807) is 6.92 Å². The molecule has 0 aromatic rings. The number of ketones is 2. The predicted octanol–water partition coefficient (Wildman–Crippen LogP) is 0.186. The Morgan fingerprint density at radius 1 is 1.19 bits per heavy atom. The van der Waals surface area contributed by atoms with Gasteiger partial charge in [0.05, 0.1) is 32.8 Å². The summed E-state index contributed by atoms with van der Waals surface area (Å²) in [6.45, 7) is 2.13. The zero-order valence-electron chi connectivity index (χ0n) is 14.6. The molecule has 0 aromatic carbocycles. The Labute approximate surface area is 149 Å². The van der Waals surface area contributed by atoms with Gasteiger partial charge in [-0.1, -0.05) is 6.92 Å². The molecule has 0 aromatic heterocycles. The molecule has 4 aliphatic rings. The third kappa shape index (κ3) is 1.76. The molecule has 4 atom stereocenters. The molecule has 1 saturated carbocycles. The van der Waals surface area contributed by atoms with E-state index in [-0.39, 0.29) is 38.4 Å². The van der Waals surface area contributed by atoms with Crippen molar-refractivity contribution in [1.82, 2.24) is 0 Å². The van der Waals surface area contributed by atoms with E-state index in [9.17, 15) is 19.2 Å². The van der Waals surface area contributed by atoms with Gasteiger partial charge in [0.15, 0.2) is 17.4 Å². The van der Waals surface area contributed by atoms with Crippen LogP contribution in [-0.2, 0) is 38.1 Å². The van der Waals surface area contributed by atoms with Crippen LogP contribution < -0.4 is 0 Å². The van der Waals surface area contributed by atoms with Crippen LogP contribution in [0.1, 0.15) is 19.8 Å². The van der Waals surface area contributed by atoms with E-state index >= 15 is 0 Å². The Hall–Kier alpha value is -2.06. The van der Waals surface area contributed by atoms with E-state index < -0.39 is 46.2 Å². The highest BCUT2D eigenvalue weighted by atomic mass is 16.7. The molecule has 140 valence electrons. The van der Waals surface area contributed by atoms with Gasteiger partial charge in [0, 0.05) is 12.8 Å². The number of ether oxygens (including phenoxy) is 4. The van der Waals surface area contributed by atoms with Crippen molar-refractivity contribution in [2.75, 3.05) is 26.9 Å². The highest BCUT2D eigenvalue weighted by molar-refractivity contribution is 6.16. The Kier molecular flexibility index (Phi) is 3.65. The molecule has 0 N–H and O–H groups in total. The standard InChI is InChI=1S/C18H20O8/c1-10-9-12(20)16(5-6-24-14(16)21)13-17(25-7-8-26-17)4-3-11(19)18(10,13)15(22)23-2/h3-4,10,13H,5-9H2,1-2H3/t10-,13+,16+,18+/m0/s1. The summed E-state index contributed by atoms with van der Waals surface area (Å²) in [5.41, 5.74) is -3.41. The lowest BCUT2D eigenvalue weighted by atomic mass is 9.45. The number of rotatable bonds is 1. The van der Waals surface area contributed by atoms with Gasteiger partial charge in [0.25, 0.3) is 0 Å². The number of esters is 2. The third-order valence-electron chi connectivity index (χ3n) is 6.35. The van der Waals surface area contributed by atoms with E-state index in [1.807, 2.05) is 0 Å². The van der Waals surface area contributed by atoms with Crippen LogP contribution in [0.4, 0.5) is 0 Å². The maximum absolute atomic E-state index is 13.1. The number of carbonyl (C=O) groups excluding carboxylic acids is 4. The Morgan fingerprint density at radius 3 is 2.46 bits per heavy atom. The number of cyclic esters (lactones) is 1. The fraction of sp³-hybridized carbons (Fsp3) is 0.667. The first kappa shape index (κ1) is 17.4. The van der Waals surface area contributed by atoms with Gasteiger partial charge in [-0.05, 0) is 18.1 Å². The van der Waals surface area contributed by atoms with Gasteiger partial charge in [-0.2, -0.15) is 0 Å². The maximum atomic E-state index is 13.1. The summed E-state index contributed by atoms with van der Waals surface area (Å²) in [6, 6.07) is 0. The molecular weight excluding hydrogens is 344 g/mol. The van der Waals surface area contributed by atoms with Crippen molar-refractivity contribution in [3.63, 3.8) is 0 Å². The number of hydrogen-bond donors (Lipinski definition) is 0. The first-order valence-corrected chi connectivity index (χ1v) is 8.67. The molecule has 26 heavy (non-hydrogen) atoms. The van der Waals surface area contributed by atoms with Gasteiger partial charge >= 0.3 is 11.9 Å². The number of hydrogen-bond acceptors (Lipinski definition) is 8. The summed E-state index contributed by atoms with van der Waals surface area (Å²) in [7, 11) is 1.19. The molecule has 2 aliphatic heterocycles. The lowest BCUT2D eigenvalue weighted by Crippen LogP contribution is -2.71. The molecule has 2 spiro atoms. The summed E-state index contributed by atoms with van der Waals surface area (Å²) in [5, 5.41) is 0. The molecule has 2 aliphatic carbocycles. The van der Waals surface area contributed by atoms with Crippen molar-refractivity contribution >= 4 is 23.5 Å². The van der Waals surface area contributed by atoms with Gasteiger partial charge in [-0.3, -0.25) is 19.2 Å². The second kappa shape index (κ2) is 5.47. The normalized spacial score (nSPS) is 40.8. The Morgan fingerprint density at radius 2 is 1.88 bits per heavy atom. The molecule has 2 heterocycles. The summed E-state index contributed by atoms with van der Waals surface area (Å²) >= 11 is 0. The second-order valence-corrected chi connectivity index (χ2v) is 7.30. The molecular formula is C18H20O8. The quantitative estimate of drug-likeness (QED) is 0.479. The van der Waals surface area contributed by atoms with Crippen LogP contribution in [-0.4, -0.2) is 56.2 Å². The number of methoxy groups -OCH3 is 1. The number of Topliss-reactive ketones (excluding diaryl/α,β-unsaturated/α-hetero) is 1. The van der Waals surface area contributed by atoms with Gasteiger partial charge in [-0.25, -0.2) is 0 Å². The van der Waals surface area contributed by atoms with Crippen LogP contribution in [0.3, 0.4) is 0 Å². The van der Waals surface area contributed by atoms with E-state index in [0.717, 1.165) is 0 Å². The zero-order valence-corrected chi connectivity index (χ0v) is 14.6. The molecule has 0 radical (unpaired) electrons. The number of fused-ring (bicyclic) bond motifs is 3. The lowest BCUT2D eigenvalue weighted by Gasteiger charge is -2.56. The van der Waals surface area contributed by atoms with E-state index in [4.69, 9.17) is 18.9 Å². The first-order valence-electron chi connectivity index (χ1n) is 8.67. The van der Waals surface area contributed by atoms with E-state index in [2.05, 4.69) is 0 Å². The van der Waals surface area contributed by atoms with Crippen LogP contribution in [0.5, 0.6) is 0 Å². The highest BCUT2D eigenvalue weighted by Gasteiger charge is 2.78. The minimum absolute atomic E-state index is 0.0424. The van der Waals surface area contributed by atoms with Gasteiger partial charge < -0.3 is 18.9 Å². The summed E-state index contributed by atoms with van der Waals surface area (Å²) < 4.78 is 21.8. The largest absolute Gasteiger partial charge is 0.468 e. The first-order chi connectivity index (χ1) is 12.4. The van der Waals surface area contributed by atoms with Crippen LogP contribution in [0.2, 0.25) is 0 Å². The van der Waals surface area contributed by atoms with Crippen molar-refractivity contribution in [2.24, 2.45) is 22.7 Å². The van der Waals surface area contributed by atoms with Gasteiger partial charge in [0.2, 0.25) is 0 Å². The van der Waals surface area contributed by atoms with Crippen LogP contribution >= 0.6 is 0 Å². The van der Waals surface area contributed by atoms with Crippen LogP contribution in [0.25, 0.3) is 0 Å². The fourth-order valence-corrected chi connectivity index (χ4v) is 5.27. The molecule has 0 unspecified atom stereocenters. The molecule has 0 amide bonds. The molecule has 2 saturated heterocycles. The SMILES string of the molecule is COC(=O)[C@]12C(=O)C=CC3(OCCO3)[C@H]1[C@@]1(CCOC1=O)C(=O)C[C@@H]2C. The van der Waals surface area contributed by atoms with E-state index in [0.29, 0.717) is 0 Å². The van der Waals surface area contributed by atoms with Gasteiger partial charge in [0.1, 0.15) is 10.8 Å². The topological polar surface area (TPSA) is 105 Å². The second-order valence-electron chi connectivity index (χ2n) is 7.30. The van der Waals surface area contributed by atoms with Crippen molar-refractivity contribution in [1.29, 1.82) is 0 Å². The predicted molar refractivity (Wildman–Crippen MR) is 83.5 cm³/mol. The van der Waals surface area contributed by atoms with Crippen LogP contribution in [0.15, 0.2) is 12.2 Å². The third-order valence-corrected chi connectivity index (χ3v) is 6.35. The monoisotopic (exact) mass is 364 g/mol. The lowest BCUT2D eigenvalue weighted by molar-refractivity contribution is -0.242. The zero-order chi connectivity index (χ0) is 18.7. The minimum atomic E-state index is -1.74. The number of carbonyl (C=O) groups is 4. The molecule has 4 rings (SSSR count). The van der Waals surface area contributed by atoms with Crippen molar-refractivity contribution in [2.45, 2.75) is 25.6 Å². The molecule has 8 heteroatoms. The average molecular weight is 364 g/mol. The van der Waals surface area contributed by atoms with Gasteiger partial charge in [-0.15, -0.1) is 0 Å². The fourth-order valence-electron chi connectivity index (χ4n) is 5.27. The Balaban J connectivity index is 2.05. The Bertz CT molecular complexity index is 733. The smallest absolute Gasteiger partial charge is 0.320 e. The molecule has 8 nitrogen and oxygen atoms in total. The maximum Gasteiger partial charge on any atom is 0.320 e. The summed E-state index contributed by atoms with van der Waals surface area (Å²) in [5.74, 6) is -5.72. The number of allylic oxidation sites excluding steroid dienone is 1. The average Bonchev–Trinajstić information content (AvgIpc) is 3.23.